The van der Waals surface area contributed by atoms with Crippen LogP contribution in [-0.2, 0) is 4.79 Å². The molecule has 0 fully saturated rings. The summed E-state index contributed by atoms with van der Waals surface area (Å²) in [5.74, 6) is -0.283. The molecule has 2 atom stereocenters. The maximum Gasteiger partial charge on any atom is 0.209 e. The standard InChI is InChI=1S/C18H31N3O2/c1-3-4-5-6-7-8-9-10-11-12-17-20-13-14-21(17,16(2)19)15-18(22)23/h8-9,13-14,16H,3-7,10-12,15,19H2,1-2H3/b9-8+. The van der Waals surface area contributed by atoms with Crippen molar-refractivity contribution in [1.29, 1.82) is 0 Å². The molecule has 5 nitrogen and oxygen atoms in total. The Labute approximate surface area is 140 Å². The van der Waals surface area contributed by atoms with E-state index in [1.807, 2.05) is 6.92 Å². The van der Waals surface area contributed by atoms with Crippen LogP contribution in [0.2, 0.25) is 0 Å². The Morgan fingerprint density at radius 1 is 1.30 bits per heavy atom. The molecular formula is C18H31N3O2. The fraction of sp³-hybridized carbons (Fsp3) is 0.667. The van der Waals surface area contributed by atoms with Crippen LogP contribution in [-0.4, -0.2) is 29.0 Å². The molecule has 0 saturated carbocycles. The van der Waals surface area contributed by atoms with Crippen LogP contribution in [0.4, 0.5) is 0 Å². The molecule has 0 saturated heterocycles. The molecule has 1 heterocycles. The maximum absolute atomic E-state index is 11.1. The van der Waals surface area contributed by atoms with E-state index >= 15 is 0 Å². The first kappa shape index (κ1) is 19.6. The van der Waals surface area contributed by atoms with Crippen molar-refractivity contribution in [3.05, 3.63) is 24.6 Å². The predicted octanol–water partition coefficient (Wildman–Crippen LogP) is 2.44. The second-order valence-electron chi connectivity index (χ2n) is 6.26. The van der Waals surface area contributed by atoms with Crippen LogP contribution >= 0.6 is 0 Å². The van der Waals surface area contributed by atoms with Crippen LogP contribution in [0.15, 0.2) is 29.5 Å². The second-order valence-corrected chi connectivity index (χ2v) is 6.26. The van der Waals surface area contributed by atoms with Gasteiger partial charge < -0.3 is 9.90 Å². The minimum absolute atomic E-state index is 0.0864. The van der Waals surface area contributed by atoms with Gasteiger partial charge >= 0.3 is 0 Å². The molecular weight excluding hydrogens is 290 g/mol. The summed E-state index contributed by atoms with van der Waals surface area (Å²) in [6.45, 7) is 3.88. The molecule has 0 amide bonds. The second kappa shape index (κ2) is 10.3. The number of nitrogens with two attached hydrogens (primary N) is 1. The Morgan fingerprint density at radius 2 is 2.00 bits per heavy atom. The highest BCUT2D eigenvalue weighted by atomic mass is 16.4. The molecule has 1 aliphatic heterocycles. The van der Waals surface area contributed by atoms with Gasteiger partial charge in [-0.1, -0.05) is 38.3 Å². The van der Waals surface area contributed by atoms with Gasteiger partial charge in [0.2, 0.25) is 5.84 Å². The molecule has 2 unspecified atom stereocenters. The van der Waals surface area contributed by atoms with Gasteiger partial charge in [-0.15, -0.1) is 0 Å². The summed E-state index contributed by atoms with van der Waals surface area (Å²) >= 11 is 0. The molecule has 0 bridgehead atoms. The fourth-order valence-corrected chi connectivity index (χ4v) is 2.88. The van der Waals surface area contributed by atoms with Gasteiger partial charge in [-0.3, -0.25) is 5.73 Å². The minimum Gasteiger partial charge on any atom is -0.544 e. The van der Waals surface area contributed by atoms with Crippen molar-refractivity contribution in [2.24, 2.45) is 10.7 Å². The highest BCUT2D eigenvalue weighted by Crippen LogP contribution is 2.22. The molecule has 130 valence electrons. The maximum atomic E-state index is 11.1. The SMILES string of the molecule is CCCCCC/C=C/CCCC1=NC=C[N+]1(CC(=O)[O-])C(C)N. The van der Waals surface area contributed by atoms with Crippen molar-refractivity contribution in [2.45, 2.75) is 71.4 Å². The zero-order valence-electron chi connectivity index (χ0n) is 14.5. The Kier molecular flexibility index (Phi) is 8.81. The van der Waals surface area contributed by atoms with E-state index in [0.717, 1.165) is 31.5 Å². The number of aliphatic carboxylic acids is 1. The topological polar surface area (TPSA) is 78.5 Å². The van der Waals surface area contributed by atoms with Crippen molar-refractivity contribution in [3.63, 3.8) is 0 Å². The highest BCUT2D eigenvalue weighted by molar-refractivity contribution is 5.81. The molecule has 2 N–H and O–H groups in total. The first-order valence-corrected chi connectivity index (χ1v) is 8.75. The molecule has 0 aromatic carbocycles. The van der Waals surface area contributed by atoms with Crippen LogP contribution < -0.4 is 10.8 Å². The van der Waals surface area contributed by atoms with Crippen molar-refractivity contribution in [2.75, 3.05) is 6.54 Å². The summed E-state index contributed by atoms with van der Waals surface area (Å²) in [6.07, 6.45) is 16.5. The third-order valence-corrected chi connectivity index (χ3v) is 4.32. The van der Waals surface area contributed by atoms with Gasteiger partial charge in [-0.05, 0) is 25.7 Å². The first-order valence-electron chi connectivity index (χ1n) is 8.75. The van der Waals surface area contributed by atoms with Gasteiger partial charge in [0.25, 0.3) is 0 Å². The van der Waals surface area contributed by atoms with Crippen LogP contribution in [0.25, 0.3) is 0 Å². The Hall–Kier alpha value is -1.46. The summed E-state index contributed by atoms with van der Waals surface area (Å²) in [5, 5.41) is 11.1. The number of rotatable bonds is 12. The van der Waals surface area contributed by atoms with Crippen molar-refractivity contribution >= 4 is 11.8 Å². The number of allylic oxidation sites excluding steroid dienone is 2. The summed E-state index contributed by atoms with van der Waals surface area (Å²) in [6, 6.07) is 0. The number of nitrogens with zero attached hydrogens (tertiary/aromatic N) is 2. The number of carbonyl (C=O) groups is 1. The van der Waals surface area contributed by atoms with Crippen LogP contribution in [0.1, 0.15) is 65.2 Å². The van der Waals surface area contributed by atoms with Gasteiger partial charge in [0, 0.05) is 13.3 Å². The summed E-state index contributed by atoms with van der Waals surface area (Å²) in [5.41, 5.74) is 6.02. The van der Waals surface area contributed by atoms with Crippen LogP contribution in [0.5, 0.6) is 0 Å². The zero-order valence-corrected chi connectivity index (χ0v) is 14.5. The van der Waals surface area contributed by atoms with Crippen molar-refractivity contribution < 1.29 is 14.4 Å². The fourth-order valence-electron chi connectivity index (χ4n) is 2.88. The number of quaternary nitrogens is 1. The van der Waals surface area contributed by atoms with Crippen molar-refractivity contribution in [1.82, 2.24) is 0 Å². The molecule has 0 aromatic rings. The van der Waals surface area contributed by atoms with E-state index in [4.69, 9.17) is 5.73 Å². The van der Waals surface area contributed by atoms with Gasteiger partial charge in [0.15, 0.2) is 0 Å². The normalized spacial score (nSPS) is 21.8. The predicted molar refractivity (Wildman–Crippen MR) is 92.1 cm³/mol. The number of carboxylic acids is 1. The summed E-state index contributed by atoms with van der Waals surface area (Å²) in [7, 11) is 0. The van der Waals surface area contributed by atoms with E-state index in [1.54, 1.807) is 12.4 Å². The molecule has 0 spiro atoms. The smallest absolute Gasteiger partial charge is 0.209 e. The quantitative estimate of drug-likeness (QED) is 0.341. The number of carboxylic acid groups (broad SMARTS) is 1. The van der Waals surface area contributed by atoms with Gasteiger partial charge in [0.1, 0.15) is 18.9 Å². The lowest BCUT2D eigenvalue weighted by molar-refractivity contribution is -0.808. The monoisotopic (exact) mass is 321 g/mol. The summed E-state index contributed by atoms with van der Waals surface area (Å²) < 4.78 is 0.0864. The Balaban J connectivity index is 2.36. The van der Waals surface area contributed by atoms with E-state index < -0.39 is 5.97 Å². The summed E-state index contributed by atoms with van der Waals surface area (Å²) in [4.78, 5) is 15.4. The number of unbranched alkanes of at least 4 members (excludes halogenated alkanes) is 5. The Morgan fingerprint density at radius 3 is 2.61 bits per heavy atom. The average molecular weight is 321 g/mol. The molecule has 1 rings (SSSR count). The van der Waals surface area contributed by atoms with E-state index in [9.17, 15) is 9.90 Å². The zero-order chi connectivity index (χ0) is 17.1. The lowest BCUT2D eigenvalue weighted by Crippen LogP contribution is -2.60. The van der Waals surface area contributed by atoms with Gasteiger partial charge in [0.05, 0.1) is 12.2 Å². The molecule has 0 radical (unpaired) electrons. The number of hydrogen-bond acceptors (Lipinski definition) is 4. The van der Waals surface area contributed by atoms with Gasteiger partial charge in [-0.25, -0.2) is 9.48 Å². The van der Waals surface area contributed by atoms with Gasteiger partial charge in [-0.2, -0.15) is 0 Å². The van der Waals surface area contributed by atoms with Crippen LogP contribution in [0.3, 0.4) is 0 Å². The lowest BCUT2D eigenvalue weighted by Gasteiger charge is -2.36. The average Bonchev–Trinajstić information content (AvgIpc) is 2.89. The third-order valence-electron chi connectivity index (χ3n) is 4.32. The first-order chi connectivity index (χ1) is 11.0. The van der Waals surface area contributed by atoms with E-state index in [0.29, 0.717) is 0 Å². The minimum atomic E-state index is -1.10. The Bertz CT molecular complexity index is 455. The third kappa shape index (κ3) is 6.28. The van der Waals surface area contributed by atoms with Crippen LogP contribution in [0, 0.1) is 0 Å². The molecule has 1 aliphatic rings. The van der Waals surface area contributed by atoms with E-state index in [-0.39, 0.29) is 17.2 Å². The molecule has 0 aliphatic carbocycles. The number of amidine groups is 1. The van der Waals surface area contributed by atoms with Crippen molar-refractivity contribution in [3.8, 4) is 0 Å². The van der Waals surface area contributed by atoms with E-state index in [1.165, 1.54) is 25.7 Å². The number of aliphatic imine (C=N–C) groups is 1. The largest absolute Gasteiger partial charge is 0.544 e. The molecule has 23 heavy (non-hydrogen) atoms. The highest BCUT2D eigenvalue weighted by Gasteiger charge is 2.38. The van der Waals surface area contributed by atoms with E-state index in [2.05, 4.69) is 24.1 Å². The molecule has 5 heteroatoms. The lowest BCUT2D eigenvalue weighted by atomic mass is 10.1. The number of hydrogen-bond donors (Lipinski definition) is 1. The number of carbonyl (C=O) groups excluding carboxylic acids is 1. The molecule has 0 aromatic heterocycles.